The van der Waals surface area contributed by atoms with E-state index in [1.807, 2.05) is 24.3 Å². The Bertz CT molecular complexity index is 1020. The van der Waals surface area contributed by atoms with Crippen molar-refractivity contribution in [2.75, 3.05) is 18.0 Å². The molecular formula is C22H25ClN6O. The molecule has 3 heterocycles. The molecule has 1 aliphatic rings. The second kappa shape index (κ2) is 8.83. The van der Waals surface area contributed by atoms with Crippen LogP contribution in [-0.4, -0.2) is 44.8 Å². The van der Waals surface area contributed by atoms with Crippen molar-refractivity contribution in [3.8, 4) is 5.69 Å². The summed E-state index contributed by atoms with van der Waals surface area (Å²) in [5.74, 6) is 0.716. The van der Waals surface area contributed by atoms with Crippen LogP contribution >= 0.6 is 11.6 Å². The molecule has 7 nitrogen and oxygen atoms in total. The van der Waals surface area contributed by atoms with Crippen LogP contribution in [0.15, 0.2) is 48.9 Å². The molecule has 0 bridgehead atoms. The number of amides is 1. The molecule has 4 rings (SSSR count). The molecule has 1 N–H and O–H groups in total. The number of hydrogen-bond acceptors (Lipinski definition) is 5. The van der Waals surface area contributed by atoms with Crippen molar-refractivity contribution >= 4 is 23.5 Å². The van der Waals surface area contributed by atoms with E-state index in [1.165, 1.54) is 0 Å². The third kappa shape index (κ3) is 4.31. The number of benzene rings is 1. The van der Waals surface area contributed by atoms with Gasteiger partial charge in [-0.15, -0.1) is 0 Å². The standard InChI is InChI=1S/C22H25ClN6O/c1-15(2)20-19(13-26-29(20)18-8-3-6-16(23)12-18)21(30)27-17-7-4-11-28(14-17)22-24-9-5-10-25-22/h3,5-6,8-10,12-13,15,17H,4,7,11,14H2,1-2H3,(H,27,30). The molecule has 2 aromatic heterocycles. The van der Waals surface area contributed by atoms with E-state index >= 15 is 0 Å². The van der Waals surface area contributed by atoms with Gasteiger partial charge in [0.1, 0.15) is 0 Å². The molecule has 1 aliphatic heterocycles. The number of nitrogens with one attached hydrogen (secondary N) is 1. The van der Waals surface area contributed by atoms with E-state index in [0.717, 1.165) is 30.8 Å². The summed E-state index contributed by atoms with van der Waals surface area (Å²) in [5.41, 5.74) is 2.31. The minimum absolute atomic E-state index is 0.0320. The van der Waals surface area contributed by atoms with Gasteiger partial charge in [-0.1, -0.05) is 31.5 Å². The monoisotopic (exact) mass is 424 g/mol. The molecule has 1 unspecified atom stereocenters. The third-order valence-electron chi connectivity index (χ3n) is 5.24. The Morgan fingerprint density at radius 3 is 2.77 bits per heavy atom. The minimum Gasteiger partial charge on any atom is -0.347 e. The van der Waals surface area contributed by atoms with E-state index in [0.29, 0.717) is 23.1 Å². The molecule has 0 radical (unpaired) electrons. The Labute approximate surface area is 181 Å². The molecule has 1 amide bonds. The Morgan fingerprint density at radius 1 is 1.23 bits per heavy atom. The van der Waals surface area contributed by atoms with Crippen molar-refractivity contribution in [2.24, 2.45) is 0 Å². The van der Waals surface area contributed by atoms with Crippen LogP contribution in [0.3, 0.4) is 0 Å². The van der Waals surface area contributed by atoms with E-state index in [9.17, 15) is 4.79 Å². The van der Waals surface area contributed by atoms with E-state index in [2.05, 4.69) is 39.1 Å². The lowest BCUT2D eigenvalue weighted by molar-refractivity contribution is 0.0931. The van der Waals surface area contributed by atoms with Gasteiger partial charge in [-0.3, -0.25) is 4.79 Å². The maximum absolute atomic E-state index is 13.2. The van der Waals surface area contributed by atoms with Crippen LogP contribution in [0.4, 0.5) is 5.95 Å². The van der Waals surface area contributed by atoms with Crippen molar-refractivity contribution in [1.29, 1.82) is 0 Å². The van der Waals surface area contributed by atoms with Gasteiger partial charge >= 0.3 is 0 Å². The highest BCUT2D eigenvalue weighted by molar-refractivity contribution is 6.30. The first kappa shape index (κ1) is 20.3. The number of carbonyl (C=O) groups excluding carboxylic acids is 1. The van der Waals surface area contributed by atoms with Crippen LogP contribution in [-0.2, 0) is 0 Å². The van der Waals surface area contributed by atoms with Crippen LogP contribution in [0.25, 0.3) is 5.69 Å². The van der Waals surface area contributed by atoms with Gasteiger partial charge in [0, 0.05) is 36.5 Å². The lowest BCUT2D eigenvalue weighted by Gasteiger charge is -2.33. The molecule has 1 fully saturated rings. The number of nitrogens with zero attached hydrogens (tertiary/aromatic N) is 5. The molecule has 30 heavy (non-hydrogen) atoms. The van der Waals surface area contributed by atoms with E-state index in [4.69, 9.17) is 11.6 Å². The zero-order valence-electron chi connectivity index (χ0n) is 17.1. The van der Waals surface area contributed by atoms with Gasteiger partial charge in [0.05, 0.1) is 23.1 Å². The van der Waals surface area contributed by atoms with Crippen LogP contribution in [0.1, 0.15) is 48.7 Å². The number of carbonyl (C=O) groups is 1. The largest absolute Gasteiger partial charge is 0.347 e. The van der Waals surface area contributed by atoms with Crippen LogP contribution in [0.5, 0.6) is 0 Å². The summed E-state index contributed by atoms with van der Waals surface area (Å²) in [6.07, 6.45) is 7.02. The molecule has 1 saturated heterocycles. The van der Waals surface area contributed by atoms with Gasteiger partial charge in [-0.05, 0) is 43.0 Å². The van der Waals surface area contributed by atoms with Crippen molar-refractivity contribution < 1.29 is 4.79 Å². The van der Waals surface area contributed by atoms with Gasteiger partial charge in [-0.25, -0.2) is 14.6 Å². The maximum atomic E-state index is 13.2. The first-order valence-electron chi connectivity index (χ1n) is 10.2. The van der Waals surface area contributed by atoms with Crippen LogP contribution in [0, 0.1) is 0 Å². The normalized spacial score (nSPS) is 16.7. The zero-order valence-corrected chi connectivity index (χ0v) is 17.9. The predicted molar refractivity (Wildman–Crippen MR) is 117 cm³/mol. The van der Waals surface area contributed by atoms with E-state index in [-0.39, 0.29) is 17.9 Å². The summed E-state index contributed by atoms with van der Waals surface area (Å²) in [4.78, 5) is 23.9. The summed E-state index contributed by atoms with van der Waals surface area (Å²) in [6, 6.07) is 9.32. The van der Waals surface area contributed by atoms with Gasteiger partial charge < -0.3 is 10.2 Å². The Balaban J connectivity index is 1.53. The van der Waals surface area contributed by atoms with Gasteiger partial charge in [0.2, 0.25) is 5.95 Å². The number of aromatic nitrogens is 4. The number of rotatable bonds is 5. The fourth-order valence-electron chi connectivity index (χ4n) is 3.90. The number of hydrogen-bond donors (Lipinski definition) is 1. The molecule has 0 saturated carbocycles. The predicted octanol–water partition coefficient (Wildman–Crippen LogP) is 3.84. The van der Waals surface area contributed by atoms with E-state index < -0.39 is 0 Å². The van der Waals surface area contributed by atoms with Crippen molar-refractivity contribution in [3.63, 3.8) is 0 Å². The smallest absolute Gasteiger partial charge is 0.255 e. The van der Waals surface area contributed by atoms with E-state index in [1.54, 1.807) is 29.3 Å². The topological polar surface area (TPSA) is 75.9 Å². The molecule has 0 spiro atoms. The third-order valence-corrected chi connectivity index (χ3v) is 5.48. The number of halogens is 1. The first-order chi connectivity index (χ1) is 14.5. The fraction of sp³-hybridized carbons (Fsp3) is 0.364. The highest BCUT2D eigenvalue weighted by Gasteiger charge is 2.26. The van der Waals surface area contributed by atoms with Crippen molar-refractivity contribution in [1.82, 2.24) is 25.1 Å². The first-order valence-corrected chi connectivity index (χ1v) is 10.6. The minimum atomic E-state index is -0.104. The Kier molecular flexibility index (Phi) is 5.99. The fourth-order valence-corrected chi connectivity index (χ4v) is 4.08. The van der Waals surface area contributed by atoms with Crippen LogP contribution in [0.2, 0.25) is 5.02 Å². The van der Waals surface area contributed by atoms with Gasteiger partial charge in [0.25, 0.3) is 5.91 Å². The second-order valence-corrected chi connectivity index (χ2v) is 8.23. The van der Waals surface area contributed by atoms with Crippen LogP contribution < -0.4 is 10.2 Å². The summed E-state index contributed by atoms with van der Waals surface area (Å²) in [6.45, 7) is 5.70. The summed E-state index contributed by atoms with van der Waals surface area (Å²) in [7, 11) is 0. The Hall–Kier alpha value is -2.93. The number of anilines is 1. The SMILES string of the molecule is CC(C)c1c(C(=O)NC2CCCN(c3ncccn3)C2)cnn1-c1cccc(Cl)c1. The highest BCUT2D eigenvalue weighted by atomic mass is 35.5. The summed E-state index contributed by atoms with van der Waals surface area (Å²) in [5, 5.41) is 8.32. The quantitative estimate of drug-likeness (QED) is 0.673. The molecule has 1 atom stereocenters. The van der Waals surface area contributed by atoms with Gasteiger partial charge in [-0.2, -0.15) is 5.10 Å². The number of piperidine rings is 1. The molecule has 1 aromatic carbocycles. The molecule has 8 heteroatoms. The summed E-state index contributed by atoms with van der Waals surface area (Å²) < 4.78 is 1.80. The maximum Gasteiger partial charge on any atom is 0.255 e. The second-order valence-electron chi connectivity index (χ2n) is 7.80. The van der Waals surface area contributed by atoms with Gasteiger partial charge in [0.15, 0.2) is 0 Å². The van der Waals surface area contributed by atoms with Crippen molar-refractivity contribution in [3.05, 3.63) is 65.2 Å². The lowest BCUT2D eigenvalue weighted by atomic mass is 10.0. The molecule has 0 aliphatic carbocycles. The molecular weight excluding hydrogens is 400 g/mol. The lowest BCUT2D eigenvalue weighted by Crippen LogP contribution is -2.48. The molecule has 156 valence electrons. The summed E-state index contributed by atoms with van der Waals surface area (Å²) >= 11 is 6.15. The average Bonchev–Trinajstić information content (AvgIpc) is 3.20. The highest BCUT2D eigenvalue weighted by Crippen LogP contribution is 2.25. The zero-order chi connectivity index (χ0) is 21.1. The van der Waals surface area contributed by atoms with Crippen molar-refractivity contribution in [2.45, 2.75) is 38.6 Å². The Morgan fingerprint density at radius 2 is 2.03 bits per heavy atom. The average molecular weight is 425 g/mol. The molecule has 3 aromatic rings.